The Kier molecular flexibility index (Phi) is 2.75. The van der Waals surface area contributed by atoms with Gasteiger partial charge in [-0.15, -0.1) is 0 Å². The zero-order chi connectivity index (χ0) is 14.2. The van der Waals surface area contributed by atoms with Crippen LogP contribution in [0.4, 0.5) is 0 Å². The molecule has 3 heterocycles. The molecule has 5 nitrogen and oxygen atoms in total. The smallest absolute Gasteiger partial charge is 0.189 e. The topological polar surface area (TPSA) is 74.7 Å². The van der Waals surface area contributed by atoms with Crippen LogP contribution in [0.15, 0.2) is 58.8 Å². The average Bonchev–Trinajstić information content (AvgIpc) is 2.87. The van der Waals surface area contributed by atoms with Gasteiger partial charge in [-0.2, -0.15) is 0 Å². The third-order valence-corrected chi connectivity index (χ3v) is 4.17. The number of aromatic hydroxyl groups is 1. The van der Waals surface area contributed by atoms with Gasteiger partial charge in [0.05, 0.1) is 5.39 Å². The number of H-pyrrole nitrogens is 1. The summed E-state index contributed by atoms with van der Waals surface area (Å²) in [6, 6.07) is 11.5. The van der Waals surface area contributed by atoms with Gasteiger partial charge in [-0.05, 0) is 30.3 Å². The number of aromatic amines is 1. The fourth-order valence-corrected chi connectivity index (χ4v) is 3.14. The first-order valence-electron chi connectivity index (χ1n) is 6.35. The first-order chi connectivity index (χ1) is 10.3. The maximum Gasteiger partial charge on any atom is 0.189 e. The molecule has 21 heavy (non-hydrogen) atoms. The Morgan fingerprint density at radius 1 is 1.05 bits per heavy atom. The van der Waals surface area contributed by atoms with Crippen LogP contribution in [0.1, 0.15) is 0 Å². The summed E-state index contributed by atoms with van der Waals surface area (Å²) in [6.45, 7) is 0. The van der Waals surface area contributed by atoms with Crippen molar-refractivity contribution in [3.8, 4) is 5.88 Å². The van der Waals surface area contributed by atoms with Gasteiger partial charge in [0.15, 0.2) is 11.5 Å². The number of rotatable bonds is 2. The zero-order valence-corrected chi connectivity index (χ0v) is 11.6. The molecule has 4 rings (SSSR count). The number of nitrogens with one attached hydrogen (secondary N) is 1. The summed E-state index contributed by atoms with van der Waals surface area (Å²) < 4.78 is 0. The van der Waals surface area contributed by atoms with Crippen LogP contribution < -0.4 is 0 Å². The van der Waals surface area contributed by atoms with Crippen LogP contribution in [-0.4, -0.2) is 25.0 Å². The van der Waals surface area contributed by atoms with E-state index in [0.717, 1.165) is 26.2 Å². The third kappa shape index (κ3) is 2.19. The van der Waals surface area contributed by atoms with Crippen LogP contribution in [0.5, 0.6) is 5.88 Å². The molecule has 0 bridgehead atoms. The fraction of sp³-hybridized carbons (Fsp3) is 0. The quantitative estimate of drug-likeness (QED) is 0.554. The van der Waals surface area contributed by atoms with Crippen LogP contribution in [0.2, 0.25) is 0 Å². The second-order valence-corrected chi connectivity index (χ2v) is 5.62. The number of benzene rings is 1. The minimum absolute atomic E-state index is 0.170. The molecular formula is C15H10N4OS. The van der Waals surface area contributed by atoms with Crippen molar-refractivity contribution in [1.29, 1.82) is 0 Å². The molecule has 0 spiro atoms. The average molecular weight is 294 g/mol. The minimum atomic E-state index is 0.170. The van der Waals surface area contributed by atoms with E-state index in [1.165, 1.54) is 6.33 Å². The molecule has 3 aromatic heterocycles. The molecule has 2 N–H and O–H groups in total. The Morgan fingerprint density at radius 3 is 2.95 bits per heavy atom. The zero-order valence-electron chi connectivity index (χ0n) is 10.8. The molecule has 0 fully saturated rings. The summed E-state index contributed by atoms with van der Waals surface area (Å²) >= 11 is 1.55. The van der Waals surface area contributed by atoms with Crippen molar-refractivity contribution in [3.63, 3.8) is 0 Å². The van der Waals surface area contributed by atoms with Crippen molar-refractivity contribution >= 4 is 33.7 Å². The summed E-state index contributed by atoms with van der Waals surface area (Å²) in [4.78, 5) is 16.7. The van der Waals surface area contributed by atoms with E-state index in [1.807, 2.05) is 30.3 Å². The van der Waals surface area contributed by atoms with E-state index in [2.05, 4.69) is 19.9 Å². The predicted molar refractivity (Wildman–Crippen MR) is 81.4 cm³/mol. The lowest BCUT2D eigenvalue weighted by molar-refractivity contribution is 0.458. The van der Waals surface area contributed by atoms with Gasteiger partial charge in [-0.25, -0.2) is 15.0 Å². The molecule has 0 unspecified atom stereocenters. The first kappa shape index (κ1) is 12.2. The Bertz CT molecular complexity index is 945. The summed E-state index contributed by atoms with van der Waals surface area (Å²) in [5, 5.41) is 12.3. The number of fused-ring (bicyclic) bond motifs is 2. The standard InChI is InChI=1S/C15H10N4OS/c20-13-7-9-6-10(3-4-12(9)19-13)21-15-11-2-1-5-16-14(11)17-8-18-15/h1-8,19-20H. The first-order valence-corrected chi connectivity index (χ1v) is 7.16. The van der Waals surface area contributed by atoms with Gasteiger partial charge in [-0.3, -0.25) is 0 Å². The van der Waals surface area contributed by atoms with Gasteiger partial charge in [0.25, 0.3) is 0 Å². The van der Waals surface area contributed by atoms with Crippen LogP contribution in [0.25, 0.3) is 21.9 Å². The second-order valence-electron chi connectivity index (χ2n) is 4.56. The molecule has 0 aliphatic rings. The third-order valence-electron chi connectivity index (χ3n) is 3.16. The summed E-state index contributed by atoms with van der Waals surface area (Å²) in [6.07, 6.45) is 3.25. The molecule has 0 radical (unpaired) electrons. The summed E-state index contributed by atoms with van der Waals surface area (Å²) in [5.41, 5.74) is 1.60. The number of nitrogens with zero attached hydrogens (tertiary/aromatic N) is 3. The SMILES string of the molecule is Oc1cc2cc(Sc3ncnc4ncccc34)ccc2[nH]1. The van der Waals surface area contributed by atoms with Gasteiger partial charge >= 0.3 is 0 Å². The highest BCUT2D eigenvalue weighted by molar-refractivity contribution is 7.99. The van der Waals surface area contributed by atoms with Crippen LogP contribution in [-0.2, 0) is 0 Å². The molecule has 0 aliphatic carbocycles. The van der Waals surface area contributed by atoms with Crippen LogP contribution in [0, 0.1) is 0 Å². The van der Waals surface area contributed by atoms with E-state index in [-0.39, 0.29) is 5.88 Å². The maximum atomic E-state index is 9.49. The predicted octanol–water partition coefficient (Wildman–Crippen LogP) is 3.36. The highest BCUT2D eigenvalue weighted by atomic mass is 32.2. The fourth-order valence-electron chi connectivity index (χ4n) is 2.22. The molecule has 0 aliphatic heterocycles. The Balaban J connectivity index is 1.78. The summed E-state index contributed by atoms with van der Waals surface area (Å²) in [7, 11) is 0. The lowest BCUT2D eigenvalue weighted by atomic mass is 10.2. The molecule has 4 aromatic rings. The Labute approximate surface area is 124 Å². The highest BCUT2D eigenvalue weighted by Crippen LogP contribution is 2.32. The van der Waals surface area contributed by atoms with Crippen molar-refractivity contribution in [1.82, 2.24) is 19.9 Å². The lowest BCUT2D eigenvalue weighted by Crippen LogP contribution is -1.88. The van der Waals surface area contributed by atoms with Gasteiger partial charge in [0.2, 0.25) is 0 Å². The molecule has 6 heteroatoms. The Hall–Kier alpha value is -2.60. The molecule has 102 valence electrons. The molecule has 0 amide bonds. The number of pyridine rings is 1. The van der Waals surface area contributed by atoms with E-state index < -0.39 is 0 Å². The monoisotopic (exact) mass is 294 g/mol. The molecule has 0 atom stereocenters. The van der Waals surface area contributed by atoms with E-state index in [9.17, 15) is 5.11 Å². The molecule has 1 aromatic carbocycles. The van der Waals surface area contributed by atoms with Crippen LogP contribution in [0.3, 0.4) is 0 Å². The van der Waals surface area contributed by atoms with Crippen LogP contribution >= 0.6 is 11.8 Å². The van der Waals surface area contributed by atoms with Crippen molar-refractivity contribution in [3.05, 3.63) is 48.9 Å². The molecule has 0 saturated carbocycles. The number of hydrogen-bond acceptors (Lipinski definition) is 5. The van der Waals surface area contributed by atoms with E-state index in [4.69, 9.17) is 0 Å². The highest BCUT2D eigenvalue weighted by Gasteiger charge is 2.07. The molecule has 0 saturated heterocycles. The van der Waals surface area contributed by atoms with Gasteiger partial charge in [0.1, 0.15) is 11.4 Å². The van der Waals surface area contributed by atoms with Gasteiger partial charge in [0, 0.05) is 28.1 Å². The lowest BCUT2D eigenvalue weighted by Gasteiger charge is -2.04. The van der Waals surface area contributed by atoms with Crippen molar-refractivity contribution in [2.45, 2.75) is 9.92 Å². The van der Waals surface area contributed by atoms with E-state index in [0.29, 0.717) is 5.65 Å². The van der Waals surface area contributed by atoms with Crippen molar-refractivity contribution in [2.24, 2.45) is 0 Å². The largest absolute Gasteiger partial charge is 0.495 e. The van der Waals surface area contributed by atoms with Crippen molar-refractivity contribution < 1.29 is 5.11 Å². The minimum Gasteiger partial charge on any atom is -0.495 e. The summed E-state index contributed by atoms with van der Waals surface area (Å²) in [5.74, 6) is 0.170. The normalized spacial score (nSPS) is 11.2. The van der Waals surface area contributed by atoms with Crippen molar-refractivity contribution in [2.75, 3.05) is 0 Å². The Morgan fingerprint density at radius 2 is 2.00 bits per heavy atom. The van der Waals surface area contributed by atoms with E-state index >= 15 is 0 Å². The van der Waals surface area contributed by atoms with Gasteiger partial charge < -0.3 is 10.1 Å². The van der Waals surface area contributed by atoms with E-state index in [1.54, 1.807) is 24.0 Å². The van der Waals surface area contributed by atoms with Gasteiger partial charge in [-0.1, -0.05) is 11.8 Å². The number of aromatic nitrogens is 4. The maximum absolute atomic E-state index is 9.49. The second kappa shape index (κ2) is 4.75. The number of hydrogen-bond donors (Lipinski definition) is 2. The molecular weight excluding hydrogens is 284 g/mol.